The summed E-state index contributed by atoms with van der Waals surface area (Å²) in [5.74, 6) is 0.285. The van der Waals surface area contributed by atoms with Gasteiger partial charge in [0.1, 0.15) is 0 Å². The third-order valence-electron chi connectivity index (χ3n) is 2.50. The molecule has 1 heterocycles. The van der Waals surface area contributed by atoms with E-state index in [1.807, 2.05) is 19.1 Å². The zero-order chi connectivity index (χ0) is 13.3. The molecular weight excluding hydrogens is 296 g/mol. The summed E-state index contributed by atoms with van der Waals surface area (Å²) in [6, 6.07) is 5.51. The molecule has 0 saturated heterocycles. The van der Waals surface area contributed by atoms with Crippen molar-refractivity contribution in [1.82, 2.24) is 9.78 Å². The number of amides is 1. The van der Waals surface area contributed by atoms with Gasteiger partial charge in [0.05, 0.1) is 11.9 Å². The van der Waals surface area contributed by atoms with Gasteiger partial charge in [0.25, 0.3) is 5.91 Å². The third-order valence-corrected chi connectivity index (χ3v) is 2.96. The van der Waals surface area contributed by atoms with Crippen molar-refractivity contribution in [2.24, 2.45) is 7.05 Å². The summed E-state index contributed by atoms with van der Waals surface area (Å²) >= 11 is 3.37. The van der Waals surface area contributed by atoms with E-state index in [9.17, 15) is 4.79 Å². The van der Waals surface area contributed by atoms with Gasteiger partial charge in [0.15, 0.2) is 5.82 Å². The highest BCUT2D eigenvalue weighted by Gasteiger charge is 2.12. The highest BCUT2D eigenvalue weighted by atomic mass is 79.9. The fourth-order valence-electron chi connectivity index (χ4n) is 1.65. The van der Waals surface area contributed by atoms with E-state index in [1.165, 1.54) is 10.9 Å². The van der Waals surface area contributed by atoms with Crippen LogP contribution < -0.4 is 11.1 Å². The lowest BCUT2D eigenvalue weighted by molar-refractivity contribution is 0.102. The predicted molar refractivity (Wildman–Crippen MR) is 74.5 cm³/mol. The number of nitrogens with two attached hydrogens (primary N) is 1. The van der Waals surface area contributed by atoms with E-state index in [-0.39, 0.29) is 5.91 Å². The van der Waals surface area contributed by atoms with Crippen molar-refractivity contribution in [1.29, 1.82) is 0 Å². The average Bonchev–Trinajstić information content (AvgIpc) is 2.59. The molecule has 0 atom stereocenters. The van der Waals surface area contributed by atoms with Crippen LogP contribution in [-0.2, 0) is 7.05 Å². The van der Waals surface area contributed by atoms with Crippen LogP contribution >= 0.6 is 15.9 Å². The molecule has 0 radical (unpaired) electrons. The average molecular weight is 309 g/mol. The molecular formula is C12H13BrN4O. The highest BCUT2D eigenvalue weighted by molar-refractivity contribution is 9.10. The van der Waals surface area contributed by atoms with E-state index in [1.54, 1.807) is 13.1 Å². The minimum atomic E-state index is -0.213. The largest absolute Gasteiger partial charge is 0.394 e. The Balaban J connectivity index is 2.27. The summed E-state index contributed by atoms with van der Waals surface area (Å²) in [5.41, 5.74) is 7.74. The van der Waals surface area contributed by atoms with Gasteiger partial charge in [0, 0.05) is 17.1 Å². The van der Waals surface area contributed by atoms with Crippen LogP contribution in [0.2, 0.25) is 0 Å². The summed E-state index contributed by atoms with van der Waals surface area (Å²) in [6.07, 6.45) is 1.50. The van der Waals surface area contributed by atoms with Crippen molar-refractivity contribution >= 4 is 33.3 Å². The van der Waals surface area contributed by atoms with Crippen LogP contribution in [0.3, 0.4) is 0 Å². The Bertz CT molecular complexity index is 566. The number of nitrogens with one attached hydrogen (secondary N) is 1. The second-order valence-electron chi connectivity index (χ2n) is 4.04. The van der Waals surface area contributed by atoms with Crippen LogP contribution in [0.1, 0.15) is 15.9 Å². The molecule has 0 aliphatic carbocycles. The van der Waals surface area contributed by atoms with E-state index in [0.717, 1.165) is 10.0 Å². The molecule has 0 bridgehead atoms. The topological polar surface area (TPSA) is 72.9 Å². The molecule has 0 spiro atoms. The number of benzene rings is 1. The zero-order valence-electron chi connectivity index (χ0n) is 10.1. The highest BCUT2D eigenvalue weighted by Crippen LogP contribution is 2.19. The standard InChI is InChI=1S/C12H13BrN4O/c1-7-3-8(5-9(13)4-7)12(18)16-11-10(14)6-15-17(11)2/h3-6H,14H2,1-2H3,(H,16,18). The SMILES string of the molecule is Cc1cc(Br)cc(C(=O)Nc2c(N)cnn2C)c1. The monoisotopic (exact) mass is 308 g/mol. The van der Waals surface area contributed by atoms with Gasteiger partial charge >= 0.3 is 0 Å². The van der Waals surface area contributed by atoms with Gasteiger partial charge in [-0.3, -0.25) is 9.48 Å². The molecule has 0 aliphatic rings. The van der Waals surface area contributed by atoms with Crippen molar-refractivity contribution in [3.8, 4) is 0 Å². The lowest BCUT2D eigenvalue weighted by Crippen LogP contribution is -2.15. The molecule has 2 rings (SSSR count). The molecule has 94 valence electrons. The fourth-order valence-corrected chi connectivity index (χ4v) is 2.26. The van der Waals surface area contributed by atoms with Gasteiger partial charge in [-0.15, -0.1) is 0 Å². The summed E-state index contributed by atoms with van der Waals surface area (Å²) in [5, 5.41) is 6.71. The van der Waals surface area contributed by atoms with Gasteiger partial charge in [-0.25, -0.2) is 0 Å². The Kier molecular flexibility index (Phi) is 3.38. The lowest BCUT2D eigenvalue weighted by atomic mass is 10.1. The number of carbonyl (C=O) groups is 1. The smallest absolute Gasteiger partial charge is 0.256 e. The molecule has 5 nitrogen and oxygen atoms in total. The first-order chi connectivity index (χ1) is 8.47. The number of hydrogen-bond acceptors (Lipinski definition) is 3. The van der Waals surface area contributed by atoms with E-state index < -0.39 is 0 Å². The molecule has 1 amide bonds. The first kappa shape index (κ1) is 12.6. The molecule has 1 aromatic carbocycles. The molecule has 1 aromatic heterocycles. The van der Waals surface area contributed by atoms with Gasteiger partial charge < -0.3 is 11.1 Å². The second-order valence-corrected chi connectivity index (χ2v) is 4.96. The summed E-state index contributed by atoms with van der Waals surface area (Å²) < 4.78 is 2.39. The Morgan fingerprint density at radius 1 is 1.44 bits per heavy atom. The Morgan fingerprint density at radius 3 is 2.72 bits per heavy atom. The molecule has 3 N–H and O–H groups in total. The van der Waals surface area contributed by atoms with Gasteiger partial charge in [-0.1, -0.05) is 15.9 Å². The van der Waals surface area contributed by atoms with Crippen LogP contribution in [0.5, 0.6) is 0 Å². The lowest BCUT2D eigenvalue weighted by Gasteiger charge is -2.07. The Labute approximate surface area is 113 Å². The number of halogens is 1. The van der Waals surface area contributed by atoms with Crippen LogP contribution in [0.15, 0.2) is 28.9 Å². The first-order valence-corrected chi connectivity index (χ1v) is 6.12. The van der Waals surface area contributed by atoms with E-state index in [4.69, 9.17) is 5.73 Å². The molecule has 18 heavy (non-hydrogen) atoms. The zero-order valence-corrected chi connectivity index (χ0v) is 11.7. The van der Waals surface area contributed by atoms with Crippen LogP contribution in [0, 0.1) is 6.92 Å². The van der Waals surface area contributed by atoms with Crippen molar-refractivity contribution in [3.05, 3.63) is 40.0 Å². The Hall–Kier alpha value is -1.82. The molecule has 0 unspecified atom stereocenters. The van der Waals surface area contributed by atoms with E-state index in [0.29, 0.717) is 17.1 Å². The van der Waals surface area contributed by atoms with Crippen molar-refractivity contribution < 1.29 is 4.79 Å². The van der Waals surface area contributed by atoms with Gasteiger partial charge in [-0.05, 0) is 30.7 Å². The van der Waals surface area contributed by atoms with Crippen LogP contribution in [0.4, 0.5) is 11.5 Å². The van der Waals surface area contributed by atoms with E-state index >= 15 is 0 Å². The molecule has 0 fully saturated rings. The maximum atomic E-state index is 12.1. The Morgan fingerprint density at radius 2 is 2.17 bits per heavy atom. The van der Waals surface area contributed by atoms with Gasteiger partial charge in [0.2, 0.25) is 0 Å². The molecule has 2 aromatic rings. The summed E-state index contributed by atoms with van der Waals surface area (Å²) in [7, 11) is 1.72. The number of anilines is 2. The number of aromatic nitrogens is 2. The number of nitrogen functional groups attached to an aromatic ring is 1. The first-order valence-electron chi connectivity index (χ1n) is 5.33. The molecule has 0 saturated carbocycles. The number of carbonyl (C=O) groups excluding carboxylic acids is 1. The number of rotatable bonds is 2. The minimum Gasteiger partial charge on any atom is -0.394 e. The van der Waals surface area contributed by atoms with Crippen molar-refractivity contribution in [2.45, 2.75) is 6.92 Å². The van der Waals surface area contributed by atoms with Crippen LogP contribution in [-0.4, -0.2) is 15.7 Å². The predicted octanol–water partition coefficient (Wildman–Crippen LogP) is 2.33. The van der Waals surface area contributed by atoms with Crippen molar-refractivity contribution in [3.63, 3.8) is 0 Å². The maximum absolute atomic E-state index is 12.1. The minimum absolute atomic E-state index is 0.213. The number of aryl methyl sites for hydroxylation is 2. The molecule has 6 heteroatoms. The normalized spacial score (nSPS) is 10.4. The maximum Gasteiger partial charge on any atom is 0.256 e. The van der Waals surface area contributed by atoms with Gasteiger partial charge in [-0.2, -0.15) is 5.10 Å². The third kappa shape index (κ3) is 2.53. The summed E-state index contributed by atoms with van der Waals surface area (Å²) in [6.45, 7) is 1.93. The number of hydrogen-bond donors (Lipinski definition) is 2. The molecule has 0 aliphatic heterocycles. The second kappa shape index (κ2) is 4.81. The fraction of sp³-hybridized carbons (Fsp3) is 0.167. The number of nitrogens with zero attached hydrogens (tertiary/aromatic N) is 2. The van der Waals surface area contributed by atoms with Crippen molar-refractivity contribution in [2.75, 3.05) is 11.1 Å². The van der Waals surface area contributed by atoms with E-state index in [2.05, 4.69) is 26.3 Å². The summed E-state index contributed by atoms with van der Waals surface area (Å²) in [4.78, 5) is 12.1. The van der Waals surface area contributed by atoms with Crippen LogP contribution in [0.25, 0.3) is 0 Å². The quantitative estimate of drug-likeness (QED) is 0.894.